The highest BCUT2D eigenvalue weighted by Crippen LogP contribution is 2.46. The minimum Gasteiger partial charge on any atom is -0.309 e. The maximum Gasteiger partial charge on any atom is 0.418 e. The Morgan fingerprint density at radius 3 is 1.35 bits per heavy atom. The van der Waals surface area contributed by atoms with Crippen molar-refractivity contribution in [3.05, 3.63) is 143 Å². The Hall–Kier alpha value is -5.80. The van der Waals surface area contributed by atoms with E-state index in [2.05, 4.69) is 6.07 Å². The van der Waals surface area contributed by atoms with Crippen LogP contribution in [0.25, 0.3) is 66.1 Å². The Kier molecular flexibility index (Phi) is 6.54. The minimum atomic E-state index is -4.68. The molecule has 0 fully saturated rings. The molecule has 0 saturated carbocycles. The number of nitrogens with zero attached hydrogens (tertiary/aromatic N) is 3. The number of aryl methyl sites for hydroxylation is 4. The van der Waals surface area contributed by atoms with Crippen molar-refractivity contribution in [1.82, 2.24) is 9.13 Å². The summed E-state index contributed by atoms with van der Waals surface area (Å²) in [4.78, 5) is 0. The molecule has 0 atom stereocenters. The molecule has 0 unspecified atom stereocenters. The van der Waals surface area contributed by atoms with E-state index in [1.54, 1.807) is 28.8 Å². The summed E-state index contributed by atoms with van der Waals surface area (Å²) in [6.07, 6.45) is -4.68. The number of hydrogen-bond acceptors (Lipinski definition) is 1. The molecule has 234 valence electrons. The van der Waals surface area contributed by atoms with Crippen molar-refractivity contribution in [3.8, 4) is 28.6 Å². The highest BCUT2D eigenvalue weighted by atomic mass is 19.4. The van der Waals surface area contributed by atoms with Gasteiger partial charge in [0, 0.05) is 27.1 Å². The number of nitriles is 1. The van der Waals surface area contributed by atoms with Crippen LogP contribution in [0.5, 0.6) is 0 Å². The Morgan fingerprint density at radius 2 is 0.938 bits per heavy atom. The van der Waals surface area contributed by atoms with Gasteiger partial charge in [-0.2, -0.15) is 18.4 Å². The van der Waals surface area contributed by atoms with Crippen molar-refractivity contribution in [3.63, 3.8) is 0 Å². The third-order valence-electron chi connectivity index (χ3n) is 9.67. The zero-order chi connectivity index (χ0) is 33.5. The quantitative estimate of drug-likeness (QED) is 0.191. The molecule has 0 saturated heterocycles. The van der Waals surface area contributed by atoms with Crippen LogP contribution in [0.3, 0.4) is 0 Å². The zero-order valence-corrected chi connectivity index (χ0v) is 26.9. The summed E-state index contributed by atoms with van der Waals surface area (Å²) in [5.74, 6) is 0. The lowest BCUT2D eigenvalue weighted by atomic mass is 9.97. The second-order valence-electron chi connectivity index (χ2n) is 12.6. The second kappa shape index (κ2) is 10.6. The summed E-state index contributed by atoms with van der Waals surface area (Å²) in [6, 6.07) is 35.7. The van der Waals surface area contributed by atoms with Crippen LogP contribution in [0.2, 0.25) is 0 Å². The normalized spacial score (nSPS) is 12.0. The summed E-state index contributed by atoms with van der Waals surface area (Å²) in [5, 5.41) is 13.7. The molecule has 0 aliphatic heterocycles. The predicted molar refractivity (Wildman–Crippen MR) is 189 cm³/mol. The van der Waals surface area contributed by atoms with E-state index in [9.17, 15) is 5.26 Å². The third-order valence-corrected chi connectivity index (χ3v) is 9.67. The molecule has 0 aliphatic rings. The molecule has 8 aromatic rings. The Balaban J connectivity index is 1.60. The highest BCUT2D eigenvalue weighted by Gasteiger charge is 2.37. The van der Waals surface area contributed by atoms with Crippen LogP contribution in [0.4, 0.5) is 13.2 Å². The van der Waals surface area contributed by atoms with Crippen LogP contribution in [-0.2, 0) is 6.18 Å². The lowest BCUT2D eigenvalue weighted by Crippen LogP contribution is -2.13. The van der Waals surface area contributed by atoms with E-state index in [0.717, 1.165) is 54.8 Å². The summed E-state index contributed by atoms with van der Waals surface area (Å²) in [7, 11) is 0. The maximum atomic E-state index is 15.6. The number of halogens is 3. The first-order valence-corrected chi connectivity index (χ1v) is 15.8. The van der Waals surface area contributed by atoms with Gasteiger partial charge in [0.15, 0.2) is 0 Å². The molecule has 2 aromatic heterocycles. The number of benzene rings is 6. The molecule has 0 N–H and O–H groups in total. The van der Waals surface area contributed by atoms with Crippen molar-refractivity contribution in [2.45, 2.75) is 33.9 Å². The minimum absolute atomic E-state index is 0.0351. The van der Waals surface area contributed by atoms with Crippen molar-refractivity contribution >= 4 is 43.6 Å². The van der Waals surface area contributed by atoms with Crippen LogP contribution in [0.15, 0.2) is 109 Å². The van der Waals surface area contributed by atoms with E-state index < -0.39 is 11.7 Å². The van der Waals surface area contributed by atoms with Gasteiger partial charge in [0.1, 0.15) is 0 Å². The Bertz CT molecular complexity index is 2540. The summed E-state index contributed by atoms with van der Waals surface area (Å²) in [5.41, 5.74) is 8.49. The van der Waals surface area contributed by atoms with E-state index in [-0.39, 0.29) is 5.69 Å². The lowest BCUT2D eigenvalue weighted by molar-refractivity contribution is -0.137. The Morgan fingerprint density at radius 1 is 0.521 bits per heavy atom. The van der Waals surface area contributed by atoms with Gasteiger partial charge < -0.3 is 9.13 Å². The van der Waals surface area contributed by atoms with E-state index in [4.69, 9.17) is 0 Å². The monoisotopic (exact) mass is 633 g/mol. The third kappa shape index (κ3) is 4.28. The number of alkyl halides is 3. The van der Waals surface area contributed by atoms with Gasteiger partial charge in [-0.25, -0.2) is 0 Å². The molecule has 0 spiro atoms. The lowest BCUT2D eigenvalue weighted by Gasteiger charge is -2.22. The summed E-state index contributed by atoms with van der Waals surface area (Å²) < 4.78 is 50.4. The molecular formula is C42H30F3N3. The molecule has 6 heteroatoms. The van der Waals surface area contributed by atoms with Crippen LogP contribution < -0.4 is 0 Å². The highest BCUT2D eigenvalue weighted by molar-refractivity contribution is 6.14. The topological polar surface area (TPSA) is 33.6 Å². The van der Waals surface area contributed by atoms with Gasteiger partial charge in [0.2, 0.25) is 0 Å². The summed E-state index contributed by atoms with van der Waals surface area (Å²) in [6.45, 7) is 8.06. The van der Waals surface area contributed by atoms with Gasteiger partial charge in [-0.05, 0) is 104 Å². The van der Waals surface area contributed by atoms with Gasteiger partial charge in [-0.15, -0.1) is 0 Å². The predicted octanol–water partition coefficient (Wildman–Crippen LogP) is 11.7. The van der Waals surface area contributed by atoms with E-state index in [1.807, 2.05) is 111 Å². The smallest absolute Gasteiger partial charge is 0.309 e. The van der Waals surface area contributed by atoms with Gasteiger partial charge >= 0.3 is 6.18 Å². The van der Waals surface area contributed by atoms with Crippen molar-refractivity contribution in [1.29, 1.82) is 5.26 Å². The average molecular weight is 634 g/mol. The van der Waals surface area contributed by atoms with E-state index >= 15 is 13.2 Å². The average Bonchev–Trinajstić information content (AvgIpc) is 3.60. The fourth-order valence-electron chi connectivity index (χ4n) is 7.60. The van der Waals surface area contributed by atoms with Gasteiger partial charge in [-0.3, -0.25) is 0 Å². The zero-order valence-electron chi connectivity index (χ0n) is 26.9. The number of hydrogen-bond donors (Lipinski definition) is 0. The van der Waals surface area contributed by atoms with Crippen molar-refractivity contribution < 1.29 is 13.2 Å². The molecule has 0 amide bonds. The molecule has 3 nitrogen and oxygen atoms in total. The fraction of sp³-hybridized carbons (Fsp3) is 0.119. The molecule has 8 rings (SSSR count). The van der Waals surface area contributed by atoms with Gasteiger partial charge in [0.25, 0.3) is 0 Å². The molecule has 0 bridgehead atoms. The molecule has 0 aliphatic carbocycles. The second-order valence-corrected chi connectivity index (χ2v) is 12.6. The summed E-state index contributed by atoms with van der Waals surface area (Å²) >= 11 is 0. The first-order chi connectivity index (χ1) is 23.1. The molecular weight excluding hydrogens is 603 g/mol. The number of fused-ring (bicyclic) bond motifs is 6. The van der Waals surface area contributed by atoms with E-state index in [1.165, 1.54) is 6.07 Å². The standard InChI is InChI=1S/C42H30F3N3/c1-24-10-5-16-32-38(24)39-25(2)11-6-17-33(39)47(32)36-22-31(42(43,44)45)37(21-30(36)29-15-9-14-28(20-29)23-46)48-34-18-7-12-26(3)40(34)41-27(4)13-8-19-35(41)48/h5-22H,1-4H3. The molecule has 0 radical (unpaired) electrons. The first-order valence-electron chi connectivity index (χ1n) is 15.8. The molecule has 48 heavy (non-hydrogen) atoms. The first kappa shape index (κ1) is 29.6. The number of rotatable bonds is 3. The van der Waals surface area contributed by atoms with E-state index in [0.29, 0.717) is 33.4 Å². The van der Waals surface area contributed by atoms with Crippen molar-refractivity contribution in [2.24, 2.45) is 0 Å². The van der Waals surface area contributed by atoms with Crippen LogP contribution in [-0.4, -0.2) is 9.13 Å². The Labute approximate surface area is 275 Å². The maximum absolute atomic E-state index is 15.6. The molecule has 2 heterocycles. The van der Waals surface area contributed by atoms with Crippen LogP contribution in [0.1, 0.15) is 33.4 Å². The SMILES string of the molecule is Cc1cccc2c1c1c(C)cccc1n2-c1cc(C(F)(F)F)c(-n2c3cccc(C)c3c3c(C)cccc32)cc1-c1cccc(C#N)c1. The number of aromatic nitrogens is 2. The van der Waals surface area contributed by atoms with Gasteiger partial charge in [-0.1, -0.05) is 60.7 Å². The van der Waals surface area contributed by atoms with Crippen LogP contribution in [0, 0.1) is 39.0 Å². The van der Waals surface area contributed by atoms with Crippen molar-refractivity contribution in [2.75, 3.05) is 0 Å². The molecule has 6 aromatic carbocycles. The largest absolute Gasteiger partial charge is 0.418 e. The van der Waals surface area contributed by atoms with Crippen LogP contribution >= 0.6 is 0 Å². The fourth-order valence-corrected chi connectivity index (χ4v) is 7.60. The van der Waals surface area contributed by atoms with Gasteiger partial charge in [0.05, 0.1) is 50.6 Å².